The van der Waals surface area contributed by atoms with Gasteiger partial charge in [0, 0.05) is 36.4 Å². The maximum atomic E-state index is 5.50. The van der Waals surface area contributed by atoms with Gasteiger partial charge in [0.2, 0.25) is 0 Å². The molecule has 0 radical (unpaired) electrons. The third kappa shape index (κ3) is 4.28. The van der Waals surface area contributed by atoms with Crippen molar-refractivity contribution in [2.24, 2.45) is 0 Å². The topological polar surface area (TPSA) is 68.1 Å². The lowest BCUT2D eigenvalue weighted by atomic mass is 10.1. The van der Waals surface area contributed by atoms with Crippen LogP contribution in [0.2, 0.25) is 0 Å². The van der Waals surface area contributed by atoms with Gasteiger partial charge in [-0.25, -0.2) is 9.97 Å². The van der Waals surface area contributed by atoms with Crippen LogP contribution in [0.1, 0.15) is 42.6 Å². The van der Waals surface area contributed by atoms with Gasteiger partial charge in [-0.15, -0.1) is 0 Å². The van der Waals surface area contributed by atoms with Crippen molar-refractivity contribution in [2.75, 3.05) is 19.0 Å². The number of aromatic nitrogens is 4. The standard InChI is InChI=1S/C26H30N6O/c1-4-31-16-19(21-13-20(33-3)9-10-23(21)31)17-32-12-6-8-24(32)22-14-27-15-25(29-22)30-26-18(2)7-5-11-28-26/h5,7,9-11,13-16,24H,4,6,8,12,17H2,1-3H3,(H,28,29,30). The van der Waals surface area contributed by atoms with E-state index < -0.39 is 0 Å². The Balaban J connectivity index is 1.41. The molecule has 0 bridgehead atoms. The van der Waals surface area contributed by atoms with Gasteiger partial charge in [0.15, 0.2) is 0 Å². The molecule has 4 aromatic rings. The van der Waals surface area contributed by atoms with E-state index >= 15 is 0 Å². The second kappa shape index (κ2) is 9.19. The number of rotatable bonds is 7. The van der Waals surface area contributed by atoms with Crippen molar-refractivity contribution in [1.82, 2.24) is 24.4 Å². The van der Waals surface area contributed by atoms with Crippen LogP contribution in [0.5, 0.6) is 5.75 Å². The Labute approximate surface area is 194 Å². The number of aryl methyl sites for hydroxylation is 2. The normalized spacial score (nSPS) is 16.4. The fourth-order valence-electron chi connectivity index (χ4n) is 4.77. The van der Waals surface area contributed by atoms with E-state index in [1.165, 1.54) is 16.5 Å². The quantitative estimate of drug-likeness (QED) is 0.422. The van der Waals surface area contributed by atoms with E-state index in [2.05, 4.69) is 50.0 Å². The molecule has 7 heteroatoms. The number of methoxy groups -OCH3 is 1. The van der Waals surface area contributed by atoms with Crippen molar-refractivity contribution in [2.45, 2.75) is 45.8 Å². The molecule has 170 valence electrons. The van der Waals surface area contributed by atoms with E-state index in [0.717, 1.165) is 61.1 Å². The number of anilines is 2. The van der Waals surface area contributed by atoms with Crippen molar-refractivity contribution in [3.05, 3.63) is 71.9 Å². The summed E-state index contributed by atoms with van der Waals surface area (Å²) in [6.45, 7) is 7.08. The molecule has 5 rings (SSSR count). The average molecular weight is 443 g/mol. The molecule has 4 heterocycles. The maximum Gasteiger partial charge on any atom is 0.150 e. The second-order valence-electron chi connectivity index (χ2n) is 8.58. The Morgan fingerprint density at radius 2 is 2.12 bits per heavy atom. The van der Waals surface area contributed by atoms with Crippen LogP contribution in [-0.2, 0) is 13.1 Å². The monoisotopic (exact) mass is 442 g/mol. The molecule has 7 nitrogen and oxygen atoms in total. The summed E-state index contributed by atoms with van der Waals surface area (Å²) in [6, 6.07) is 10.6. The van der Waals surface area contributed by atoms with Gasteiger partial charge in [0.1, 0.15) is 17.4 Å². The summed E-state index contributed by atoms with van der Waals surface area (Å²) in [4.78, 5) is 16.3. The first-order valence-corrected chi connectivity index (χ1v) is 11.6. The molecule has 3 aromatic heterocycles. The molecule has 0 spiro atoms. The molecule has 0 amide bonds. The summed E-state index contributed by atoms with van der Waals surface area (Å²) in [7, 11) is 1.72. The number of benzene rings is 1. The number of likely N-dealkylation sites (tertiary alicyclic amines) is 1. The van der Waals surface area contributed by atoms with Crippen LogP contribution in [0.4, 0.5) is 11.6 Å². The van der Waals surface area contributed by atoms with Crippen LogP contribution in [0.25, 0.3) is 10.9 Å². The third-order valence-corrected chi connectivity index (χ3v) is 6.50. The van der Waals surface area contributed by atoms with E-state index in [-0.39, 0.29) is 6.04 Å². The lowest BCUT2D eigenvalue weighted by Gasteiger charge is -2.24. The summed E-state index contributed by atoms with van der Waals surface area (Å²) >= 11 is 0. The van der Waals surface area contributed by atoms with E-state index in [1.54, 1.807) is 19.5 Å². The average Bonchev–Trinajstić information content (AvgIpc) is 3.45. The number of nitrogens with zero attached hydrogens (tertiary/aromatic N) is 5. The van der Waals surface area contributed by atoms with E-state index in [1.807, 2.05) is 31.3 Å². The number of ether oxygens (including phenoxy) is 1. The van der Waals surface area contributed by atoms with Crippen molar-refractivity contribution in [3.63, 3.8) is 0 Å². The molecule has 1 aliphatic rings. The molecule has 0 aliphatic carbocycles. The molecule has 0 saturated carbocycles. The Morgan fingerprint density at radius 1 is 1.21 bits per heavy atom. The molecule has 1 aliphatic heterocycles. The number of hydrogen-bond acceptors (Lipinski definition) is 6. The van der Waals surface area contributed by atoms with Gasteiger partial charge < -0.3 is 14.6 Å². The summed E-state index contributed by atoms with van der Waals surface area (Å²) in [5.41, 5.74) is 4.66. The van der Waals surface area contributed by atoms with Crippen LogP contribution in [-0.4, -0.2) is 38.1 Å². The molecule has 1 fully saturated rings. The number of nitrogens with one attached hydrogen (secondary N) is 1. The zero-order valence-electron chi connectivity index (χ0n) is 19.5. The van der Waals surface area contributed by atoms with Crippen molar-refractivity contribution < 1.29 is 4.74 Å². The largest absolute Gasteiger partial charge is 0.497 e. The summed E-state index contributed by atoms with van der Waals surface area (Å²) < 4.78 is 7.81. The first-order valence-electron chi connectivity index (χ1n) is 11.6. The van der Waals surface area contributed by atoms with Gasteiger partial charge in [-0.3, -0.25) is 9.88 Å². The van der Waals surface area contributed by atoms with Crippen LogP contribution < -0.4 is 10.1 Å². The van der Waals surface area contributed by atoms with Gasteiger partial charge in [0.05, 0.1) is 31.2 Å². The Morgan fingerprint density at radius 3 is 2.94 bits per heavy atom. The van der Waals surface area contributed by atoms with Crippen LogP contribution in [0.15, 0.2) is 55.1 Å². The maximum absolute atomic E-state index is 5.50. The van der Waals surface area contributed by atoms with Crippen molar-refractivity contribution in [1.29, 1.82) is 0 Å². The molecule has 1 unspecified atom stereocenters. The first kappa shape index (κ1) is 21.4. The smallest absolute Gasteiger partial charge is 0.150 e. The lowest BCUT2D eigenvalue weighted by molar-refractivity contribution is 0.245. The first-order chi connectivity index (χ1) is 16.2. The molecular weight excluding hydrogens is 412 g/mol. The van der Waals surface area contributed by atoms with Crippen LogP contribution in [0.3, 0.4) is 0 Å². The number of fused-ring (bicyclic) bond motifs is 1. The Bertz CT molecular complexity index is 1270. The highest BCUT2D eigenvalue weighted by atomic mass is 16.5. The zero-order valence-corrected chi connectivity index (χ0v) is 19.5. The fraction of sp³-hybridized carbons (Fsp3) is 0.346. The highest BCUT2D eigenvalue weighted by molar-refractivity contribution is 5.85. The second-order valence-corrected chi connectivity index (χ2v) is 8.58. The van der Waals surface area contributed by atoms with E-state index in [4.69, 9.17) is 9.72 Å². The number of pyridine rings is 1. The molecule has 1 saturated heterocycles. The van der Waals surface area contributed by atoms with Crippen LogP contribution in [0, 0.1) is 6.92 Å². The van der Waals surface area contributed by atoms with Gasteiger partial charge >= 0.3 is 0 Å². The zero-order chi connectivity index (χ0) is 22.8. The highest BCUT2D eigenvalue weighted by Gasteiger charge is 2.28. The molecule has 1 atom stereocenters. The number of hydrogen-bond donors (Lipinski definition) is 1. The Hall–Kier alpha value is -3.45. The van der Waals surface area contributed by atoms with E-state index in [9.17, 15) is 0 Å². The summed E-state index contributed by atoms with van der Waals surface area (Å²) in [5, 5.41) is 4.59. The minimum absolute atomic E-state index is 0.245. The van der Waals surface area contributed by atoms with Gasteiger partial charge in [-0.2, -0.15) is 0 Å². The van der Waals surface area contributed by atoms with Crippen LogP contribution >= 0.6 is 0 Å². The molecule has 1 N–H and O–H groups in total. The lowest BCUT2D eigenvalue weighted by Crippen LogP contribution is -2.23. The summed E-state index contributed by atoms with van der Waals surface area (Å²) in [6.07, 6.45) is 9.96. The molecular formula is C26H30N6O. The third-order valence-electron chi connectivity index (χ3n) is 6.50. The molecule has 1 aromatic carbocycles. The van der Waals surface area contributed by atoms with Gasteiger partial charge in [0.25, 0.3) is 0 Å². The van der Waals surface area contributed by atoms with Crippen molar-refractivity contribution in [3.8, 4) is 5.75 Å². The Kier molecular flexibility index (Phi) is 5.96. The van der Waals surface area contributed by atoms with Gasteiger partial charge in [-0.05, 0) is 68.6 Å². The van der Waals surface area contributed by atoms with E-state index in [0.29, 0.717) is 0 Å². The van der Waals surface area contributed by atoms with Gasteiger partial charge in [-0.1, -0.05) is 6.07 Å². The molecule has 33 heavy (non-hydrogen) atoms. The van der Waals surface area contributed by atoms with Crippen molar-refractivity contribution >= 4 is 22.5 Å². The minimum Gasteiger partial charge on any atom is -0.497 e. The highest BCUT2D eigenvalue weighted by Crippen LogP contribution is 2.35. The predicted molar refractivity (Wildman–Crippen MR) is 131 cm³/mol. The fourth-order valence-corrected chi connectivity index (χ4v) is 4.77. The SMILES string of the molecule is CCn1cc(CN2CCCC2c2cncc(Nc3ncccc3C)n2)c2cc(OC)ccc21. The summed E-state index contributed by atoms with van der Waals surface area (Å²) in [5.74, 6) is 2.44. The predicted octanol–water partition coefficient (Wildman–Crippen LogP) is 5.24. The minimum atomic E-state index is 0.245.